The molecular weight excluding hydrogens is 362 g/mol. The Morgan fingerprint density at radius 1 is 0.708 bits per heavy atom. The fraction of sp³-hybridized carbons (Fsp3) is 0. The Hall–Kier alpha value is -2.72. The van der Waals surface area contributed by atoms with Crippen molar-refractivity contribution in [1.29, 1.82) is 0 Å². The summed E-state index contributed by atoms with van der Waals surface area (Å²) in [5.74, 6) is 0.861. The second kappa shape index (κ2) is 5.14. The molecule has 0 saturated carbocycles. The van der Waals surface area contributed by atoms with E-state index in [2.05, 4.69) is 79.1 Å². The van der Waals surface area contributed by atoms with E-state index in [9.17, 15) is 0 Å². The summed E-state index contributed by atoms with van der Waals surface area (Å²) in [5, 5.41) is 13.6. The predicted molar refractivity (Wildman–Crippen MR) is 101 cm³/mol. The lowest BCUT2D eigenvalue weighted by atomic mass is 10.0. The van der Waals surface area contributed by atoms with Crippen molar-refractivity contribution in [1.82, 2.24) is 14.6 Å². The van der Waals surface area contributed by atoms with E-state index in [4.69, 9.17) is 0 Å². The van der Waals surface area contributed by atoms with Crippen molar-refractivity contribution in [2.45, 2.75) is 0 Å². The van der Waals surface area contributed by atoms with Gasteiger partial charge >= 0.3 is 0 Å². The Kier molecular flexibility index (Phi) is 2.94. The van der Waals surface area contributed by atoms with Gasteiger partial charge < -0.3 is 0 Å². The Bertz CT molecular complexity index is 1220. The third kappa shape index (κ3) is 1.90. The topological polar surface area (TPSA) is 30.2 Å². The number of hydrogen-bond donors (Lipinski definition) is 0. The van der Waals surface area contributed by atoms with Crippen molar-refractivity contribution in [3.05, 3.63) is 77.4 Å². The second-order valence-corrected chi connectivity index (χ2v) is 6.62. The van der Waals surface area contributed by atoms with Gasteiger partial charge in [-0.05, 0) is 34.4 Å². The standard InChI is InChI=1S/C20H12BrN3/c21-18-10-9-17(15-7-3-4-8-16(15)18)20-23-22-19-14-6-2-1-5-13(14)11-12-24(19)20/h1-12H. The first-order chi connectivity index (χ1) is 11.8. The SMILES string of the molecule is Brc1ccc(-c2nnc3c4ccccc4ccn23)c2ccccc12. The molecule has 0 aliphatic carbocycles. The molecule has 0 amide bonds. The molecule has 0 fully saturated rings. The molecule has 3 nitrogen and oxygen atoms in total. The van der Waals surface area contributed by atoms with Crippen LogP contribution in [0.5, 0.6) is 0 Å². The number of halogens is 1. The maximum atomic E-state index is 4.49. The maximum Gasteiger partial charge on any atom is 0.168 e. The summed E-state index contributed by atoms with van der Waals surface area (Å²) < 4.78 is 3.15. The summed E-state index contributed by atoms with van der Waals surface area (Å²) in [7, 11) is 0. The Morgan fingerprint density at radius 3 is 2.33 bits per heavy atom. The van der Waals surface area contributed by atoms with Gasteiger partial charge in [0.15, 0.2) is 11.5 Å². The lowest BCUT2D eigenvalue weighted by molar-refractivity contribution is 1.11. The predicted octanol–water partition coefficient (Wildman–Crippen LogP) is 5.47. The van der Waals surface area contributed by atoms with Crippen molar-refractivity contribution in [2.75, 3.05) is 0 Å². The molecule has 24 heavy (non-hydrogen) atoms. The minimum Gasteiger partial charge on any atom is -0.282 e. The van der Waals surface area contributed by atoms with Crippen LogP contribution in [0.1, 0.15) is 0 Å². The van der Waals surface area contributed by atoms with Gasteiger partial charge in [-0.3, -0.25) is 4.40 Å². The zero-order valence-corrected chi connectivity index (χ0v) is 14.2. The summed E-state index contributed by atoms with van der Waals surface area (Å²) in [6.07, 6.45) is 2.05. The van der Waals surface area contributed by atoms with E-state index in [-0.39, 0.29) is 0 Å². The van der Waals surface area contributed by atoms with E-state index < -0.39 is 0 Å². The van der Waals surface area contributed by atoms with Gasteiger partial charge in [-0.1, -0.05) is 64.5 Å². The molecule has 114 valence electrons. The number of aromatic nitrogens is 3. The van der Waals surface area contributed by atoms with Gasteiger partial charge in [0.1, 0.15) is 0 Å². The van der Waals surface area contributed by atoms with Crippen molar-refractivity contribution >= 4 is 43.1 Å². The van der Waals surface area contributed by atoms with Crippen LogP contribution in [0.3, 0.4) is 0 Å². The molecule has 0 radical (unpaired) electrons. The largest absolute Gasteiger partial charge is 0.282 e. The molecule has 0 saturated heterocycles. The van der Waals surface area contributed by atoms with E-state index >= 15 is 0 Å². The van der Waals surface area contributed by atoms with Crippen LogP contribution in [0.15, 0.2) is 77.4 Å². The lowest BCUT2D eigenvalue weighted by Gasteiger charge is -2.07. The zero-order chi connectivity index (χ0) is 16.1. The number of hydrogen-bond acceptors (Lipinski definition) is 2. The van der Waals surface area contributed by atoms with Crippen LogP contribution >= 0.6 is 15.9 Å². The molecular formula is C20H12BrN3. The monoisotopic (exact) mass is 373 g/mol. The first kappa shape index (κ1) is 13.7. The Labute approximate surface area is 146 Å². The van der Waals surface area contributed by atoms with Gasteiger partial charge in [0.25, 0.3) is 0 Å². The molecule has 0 bridgehead atoms. The minimum atomic E-state index is 0.861. The van der Waals surface area contributed by atoms with Crippen LogP contribution in [0.4, 0.5) is 0 Å². The van der Waals surface area contributed by atoms with Crippen molar-refractivity contribution in [3.8, 4) is 11.4 Å². The van der Waals surface area contributed by atoms with Gasteiger partial charge in [-0.15, -0.1) is 10.2 Å². The van der Waals surface area contributed by atoms with Gasteiger partial charge in [0.05, 0.1) is 0 Å². The van der Waals surface area contributed by atoms with E-state index in [1.807, 2.05) is 24.4 Å². The van der Waals surface area contributed by atoms with Crippen LogP contribution in [-0.2, 0) is 0 Å². The van der Waals surface area contributed by atoms with Crippen molar-refractivity contribution < 1.29 is 0 Å². The summed E-state index contributed by atoms with van der Waals surface area (Å²) in [4.78, 5) is 0. The smallest absolute Gasteiger partial charge is 0.168 e. The van der Waals surface area contributed by atoms with Gasteiger partial charge in [-0.25, -0.2) is 0 Å². The number of nitrogens with zero attached hydrogens (tertiary/aromatic N) is 3. The molecule has 0 atom stereocenters. The molecule has 4 heteroatoms. The summed E-state index contributed by atoms with van der Waals surface area (Å²) in [6.45, 7) is 0. The summed E-state index contributed by atoms with van der Waals surface area (Å²) in [5.41, 5.74) is 1.96. The van der Waals surface area contributed by atoms with E-state index in [1.54, 1.807) is 0 Å². The highest BCUT2D eigenvalue weighted by atomic mass is 79.9. The Balaban J connectivity index is 1.88. The van der Waals surface area contributed by atoms with Crippen LogP contribution in [-0.4, -0.2) is 14.6 Å². The average molecular weight is 374 g/mol. The molecule has 0 aliphatic rings. The second-order valence-electron chi connectivity index (χ2n) is 5.76. The third-order valence-electron chi connectivity index (χ3n) is 4.41. The first-order valence-corrected chi connectivity index (χ1v) is 8.52. The van der Waals surface area contributed by atoms with Crippen LogP contribution in [0, 0.1) is 0 Å². The number of rotatable bonds is 1. The number of fused-ring (bicyclic) bond motifs is 4. The van der Waals surface area contributed by atoms with E-state index in [0.29, 0.717) is 0 Å². The van der Waals surface area contributed by atoms with Crippen LogP contribution < -0.4 is 0 Å². The minimum absolute atomic E-state index is 0.861. The molecule has 0 spiro atoms. The number of pyridine rings is 1. The van der Waals surface area contributed by atoms with Gasteiger partial charge in [0, 0.05) is 21.6 Å². The van der Waals surface area contributed by atoms with Crippen molar-refractivity contribution in [2.24, 2.45) is 0 Å². The first-order valence-electron chi connectivity index (χ1n) is 7.73. The fourth-order valence-corrected chi connectivity index (χ4v) is 3.74. The highest BCUT2D eigenvalue weighted by Crippen LogP contribution is 2.33. The van der Waals surface area contributed by atoms with Gasteiger partial charge in [0.2, 0.25) is 0 Å². The molecule has 2 aromatic heterocycles. The fourth-order valence-electron chi connectivity index (χ4n) is 3.26. The molecule has 0 aliphatic heterocycles. The maximum absolute atomic E-state index is 4.49. The summed E-state index contributed by atoms with van der Waals surface area (Å²) in [6, 6.07) is 22.9. The summed E-state index contributed by atoms with van der Waals surface area (Å²) >= 11 is 3.63. The quantitative estimate of drug-likeness (QED) is 0.390. The third-order valence-corrected chi connectivity index (χ3v) is 5.10. The zero-order valence-electron chi connectivity index (χ0n) is 12.6. The lowest BCUT2D eigenvalue weighted by Crippen LogP contribution is -1.91. The highest BCUT2D eigenvalue weighted by molar-refractivity contribution is 9.10. The normalized spacial score (nSPS) is 11.5. The molecule has 0 unspecified atom stereocenters. The molecule has 0 N–H and O–H groups in total. The van der Waals surface area contributed by atoms with E-state index in [1.165, 1.54) is 10.8 Å². The molecule has 2 heterocycles. The highest BCUT2D eigenvalue weighted by Gasteiger charge is 2.13. The molecule has 5 aromatic rings. The van der Waals surface area contributed by atoms with Crippen LogP contribution in [0.2, 0.25) is 0 Å². The van der Waals surface area contributed by atoms with Crippen molar-refractivity contribution in [3.63, 3.8) is 0 Å². The van der Waals surface area contributed by atoms with E-state index in [0.717, 1.165) is 32.3 Å². The van der Waals surface area contributed by atoms with Gasteiger partial charge in [-0.2, -0.15) is 0 Å². The number of benzene rings is 3. The van der Waals surface area contributed by atoms with Crippen LogP contribution in [0.25, 0.3) is 38.6 Å². The molecule has 5 rings (SSSR count). The average Bonchev–Trinajstić information content (AvgIpc) is 3.07. The Morgan fingerprint density at radius 2 is 1.46 bits per heavy atom. The molecule has 3 aromatic carbocycles.